The van der Waals surface area contributed by atoms with Crippen LogP contribution in [0.15, 0.2) is 0 Å². The Morgan fingerprint density at radius 1 is 1.38 bits per heavy atom. The number of aliphatic hydroxyl groups is 1. The lowest BCUT2D eigenvalue weighted by Gasteiger charge is -2.13. The number of hydrogen-bond donors (Lipinski definition) is 4. The van der Waals surface area contributed by atoms with Crippen LogP contribution in [0.4, 0.5) is 4.79 Å². The average Bonchev–Trinajstić information content (AvgIpc) is 2.22. The molecule has 0 aromatic rings. The van der Waals surface area contributed by atoms with E-state index in [0.29, 0.717) is 6.54 Å². The molecule has 0 bridgehead atoms. The molecular weight excluding hydrogens is 210 g/mol. The van der Waals surface area contributed by atoms with Crippen molar-refractivity contribution in [1.29, 1.82) is 0 Å². The predicted octanol–water partition coefficient (Wildman–Crippen LogP) is -0.432. The van der Waals surface area contributed by atoms with E-state index in [1.807, 2.05) is 6.92 Å². The van der Waals surface area contributed by atoms with Gasteiger partial charge < -0.3 is 21.5 Å². The third kappa shape index (κ3) is 7.05. The fraction of sp³-hybridized carbons (Fsp3) is 0.800. The van der Waals surface area contributed by atoms with Gasteiger partial charge in [0.25, 0.3) is 0 Å². The van der Waals surface area contributed by atoms with Crippen molar-refractivity contribution < 1.29 is 14.7 Å². The third-order valence-electron chi connectivity index (χ3n) is 2.24. The van der Waals surface area contributed by atoms with E-state index in [-0.39, 0.29) is 18.4 Å². The van der Waals surface area contributed by atoms with Crippen LogP contribution in [0.3, 0.4) is 0 Å². The molecule has 0 saturated heterocycles. The topological polar surface area (TPSA) is 104 Å². The maximum Gasteiger partial charge on any atom is 0.312 e. The monoisotopic (exact) mass is 231 g/mol. The van der Waals surface area contributed by atoms with Gasteiger partial charge in [0.2, 0.25) is 5.91 Å². The molecule has 0 aliphatic heterocycles. The molecule has 2 atom stereocenters. The van der Waals surface area contributed by atoms with Crippen LogP contribution in [0.1, 0.15) is 26.7 Å². The summed E-state index contributed by atoms with van der Waals surface area (Å²) in [6, 6.07) is -1.33. The van der Waals surface area contributed by atoms with Gasteiger partial charge in [0.1, 0.15) is 6.04 Å². The number of urea groups is 1. The van der Waals surface area contributed by atoms with Gasteiger partial charge in [0.15, 0.2) is 0 Å². The minimum atomic E-state index is -0.712. The summed E-state index contributed by atoms with van der Waals surface area (Å²) >= 11 is 0. The Balaban J connectivity index is 3.61. The van der Waals surface area contributed by atoms with Crippen molar-refractivity contribution in [1.82, 2.24) is 10.6 Å². The van der Waals surface area contributed by atoms with Crippen LogP contribution in [0, 0.1) is 5.92 Å². The van der Waals surface area contributed by atoms with Crippen molar-refractivity contribution >= 4 is 11.9 Å². The molecule has 5 N–H and O–H groups in total. The van der Waals surface area contributed by atoms with Crippen molar-refractivity contribution in [3.05, 3.63) is 0 Å². The number of aliphatic hydroxyl groups excluding tert-OH is 1. The fourth-order valence-electron chi connectivity index (χ4n) is 1.19. The third-order valence-corrected chi connectivity index (χ3v) is 2.24. The summed E-state index contributed by atoms with van der Waals surface area (Å²) in [5.41, 5.74) is 4.89. The molecule has 0 rings (SSSR count). The summed E-state index contributed by atoms with van der Waals surface area (Å²) in [5.74, 6) is -0.00600. The molecule has 0 aliphatic carbocycles. The number of amides is 3. The molecule has 6 nitrogen and oxygen atoms in total. The van der Waals surface area contributed by atoms with Crippen LogP contribution in [0.5, 0.6) is 0 Å². The fourth-order valence-corrected chi connectivity index (χ4v) is 1.19. The number of carbonyl (C=O) groups excluding carboxylic acids is 2. The zero-order chi connectivity index (χ0) is 12.6. The second-order valence-corrected chi connectivity index (χ2v) is 3.95. The summed E-state index contributed by atoms with van der Waals surface area (Å²) in [6.07, 6.45) is 1.66. The SMILES string of the molecule is CC(CO)CCCNC(=O)C(C)NC(N)=O. The Labute approximate surface area is 95.6 Å². The van der Waals surface area contributed by atoms with Crippen LogP contribution in [-0.4, -0.2) is 36.2 Å². The van der Waals surface area contributed by atoms with E-state index in [0.717, 1.165) is 12.8 Å². The number of primary amides is 1. The standard InChI is InChI=1S/C10H21N3O3/c1-7(6-14)4-3-5-12-9(15)8(2)13-10(11)16/h7-8,14H,3-6H2,1-2H3,(H,12,15)(H3,11,13,16). The van der Waals surface area contributed by atoms with Gasteiger partial charge in [-0.3, -0.25) is 4.79 Å². The zero-order valence-corrected chi connectivity index (χ0v) is 9.82. The molecule has 0 saturated carbocycles. The molecule has 0 aliphatic rings. The molecular formula is C10H21N3O3. The maximum absolute atomic E-state index is 11.4. The Morgan fingerprint density at radius 3 is 2.50 bits per heavy atom. The first-order chi connectivity index (χ1) is 7.47. The van der Waals surface area contributed by atoms with Gasteiger partial charge in [-0.2, -0.15) is 0 Å². The molecule has 0 fully saturated rings. The lowest BCUT2D eigenvalue weighted by atomic mass is 10.1. The van der Waals surface area contributed by atoms with E-state index >= 15 is 0 Å². The number of rotatable bonds is 7. The van der Waals surface area contributed by atoms with Crippen molar-refractivity contribution in [2.24, 2.45) is 11.7 Å². The van der Waals surface area contributed by atoms with Crippen LogP contribution >= 0.6 is 0 Å². The Bertz CT molecular complexity index is 233. The summed E-state index contributed by atoms with van der Waals surface area (Å²) in [6.45, 7) is 4.21. The highest BCUT2D eigenvalue weighted by atomic mass is 16.3. The summed E-state index contributed by atoms with van der Waals surface area (Å²) < 4.78 is 0. The molecule has 0 aromatic heterocycles. The predicted molar refractivity (Wildman–Crippen MR) is 60.7 cm³/mol. The minimum Gasteiger partial charge on any atom is -0.396 e. The van der Waals surface area contributed by atoms with Crippen molar-refractivity contribution in [2.45, 2.75) is 32.7 Å². The quantitative estimate of drug-likeness (QED) is 0.447. The second-order valence-electron chi connectivity index (χ2n) is 3.95. The number of hydrogen-bond acceptors (Lipinski definition) is 3. The highest BCUT2D eigenvalue weighted by Crippen LogP contribution is 2.02. The van der Waals surface area contributed by atoms with Gasteiger partial charge in [0, 0.05) is 13.2 Å². The van der Waals surface area contributed by atoms with Gasteiger partial charge >= 0.3 is 6.03 Å². The van der Waals surface area contributed by atoms with E-state index in [4.69, 9.17) is 10.8 Å². The summed E-state index contributed by atoms with van der Waals surface area (Å²) in [4.78, 5) is 21.8. The van der Waals surface area contributed by atoms with Crippen molar-refractivity contribution in [3.8, 4) is 0 Å². The van der Waals surface area contributed by atoms with Gasteiger partial charge in [-0.05, 0) is 25.7 Å². The molecule has 3 amide bonds. The lowest BCUT2D eigenvalue weighted by molar-refractivity contribution is -0.122. The van der Waals surface area contributed by atoms with Crippen LogP contribution in [-0.2, 0) is 4.79 Å². The molecule has 16 heavy (non-hydrogen) atoms. The molecule has 0 radical (unpaired) electrons. The first-order valence-corrected chi connectivity index (χ1v) is 5.42. The second kappa shape index (κ2) is 7.92. The van der Waals surface area contributed by atoms with Gasteiger partial charge in [-0.1, -0.05) is 6.92 Å². The maximum atomic E-state index is 11.4. The lowest BCUT2D eigenvalue weighted by Crippen LogP contribution is -2.46. The summed E-state index contributed by atoms with van der Waals surface area (Å²) in [5, 5.41) is 13.7. The Hall–Kier alpha value is -1.30. The van der Waals surface area contributed by atoms with Crippen LogP contribution in [0.25, 0.3) is 0 Å². The van der Waals surface area contributed by atoms with E-state index in [1.54, 1.807) is 6.92 Å². The number of nitrogens with two attached hydrogens (primary N) is 1. The zero-order valence-electron chi connectivity index (χ0n) is 9.82. The number of carbonyl (C=O) groups is 2. The normalized spacial score (nSPS) is 13.9. The molecule has 6 heteroatoms. The van der Waals surface area contributed by atoms with E-state index in [2.05, 4.69) is 10.6 Å². The van der Waals surface area contributed by atoms with E-state index < -0.39 is 12.1 Å². The Kier molecular flexibility index (Phi) is 7.28. The molecule has 0 aromatic carbocycles. The van der Waals surface area contributed by atoms with Gasteiger partial charge in [-0.15, -0.1) is 0 Å². The van der Waals surface area contributed by atoms with Crippen LogP contribution in [0.2, 0.25) is 0 Å². The van der Waals surface area contributed by atoms with Gasteiger partial charge in [0.05, 0.1) is 0 Å². The average molecular weight is 231 g/mol. The van der Waals surface area contributed by atoms with Gasteiger partial charge in [-0.25, -0.2) is 4.79 Å². The first-order valence-electron chi connectivity index (χ1n) is 5.42. The molecule has 2 unspecified atom stereocenters. The number of nitrogens with one attached hydrogen (secondary N) is 2. The van der Waals surface area contributed by atoms with Crippen molar-refractivity contribution in [3.63, 3.8) is 0 Å². The Morgan fingerprint density at radius 2 is 2.00 bits per heavy atom. The van der Waals surface area contributed by atoms with Crippen molar-refractivity contribution in [2.75, 3.05) is 13.2 Å². The van der Waals surface area contributed by atoms with E-state index in [1.165, 1.54) is 0 Å². The highest BCUT2D eigenvalue weighted by Gasteiger charge is 2.12. The van der Waals surface area contributed by atoms with E-state index in [9.17, 15) is 9.59 Å². The largest absolute Gasteiger partial charge is 0.396 e. The smallest absolute Gasteiger partial charge is 0.312 e. The highest BCUT2D eigenvalue weighted by molar-refractivity contribution is 5.86. The molecule has 0 spiro atoms. The van der Waals surface area contributed by atoms with Crippen LogP contribution < -0.4 is 16.4 Å². The molecule has 94 valence electrons. The first kappa shape index (κ1) is 14.7. The minimum absolute atomic E-state index is 0.160. The molecule has 0 heterocycles. The summed E-state index contributed by atoms with van der Waals surface area (Å²) in [7, 11) is 0.